The summed E-state index contributed by atoms with van der Waals surface area (Å²) < 4.78 is 1.61. The van der Waals surface area contributed by atoms with E-state index in [0.29, 0.717) is 0 Å². The fraction of sp³-hybridized carbons (Fsp3) is 0. The number of fused-ring (bicyclic) bond motifs is 1. The number of nitro benzene ring substituents is 1. The number of aromatic nitrogens is 1. The van der Waals surface area contributed by atoms with Crippen molar-refractivity contribution in [1.29, 1.82) is 0 Å². The Kier molecular flexibility index (Phi) is 5.68. The zero-order valence-electron chi connectivity index (χ0n) is 16.3. The van der Waals surface area contributed by atoms with E-state index in [0.717, 1.165) is 16.5 Å². The Hall–Kier alpha value is -4.10. The van der Waals surface area contributed by atoms with E-state index < -0.39 is 10.7 Å². The van der Waals surface area contributed by atoms with Crippen LogP contribution in [0.2, 0.25) is 0 Å². The summed E-state index contributed by atoms with van der Waals surface area (Å²) in [4.78, 5) is 10.8. The first-order valence-corrected chi connectivity index (χ1v) is 9.87. The fourth-order valence-electron chi connectivity index (χ4n) is 3.30. The SMILES string of the molecule is O=[N+]([O-])c1cccc(C([O-])=C(C(=S)Nc2cccc3ccccc23)[n+]2ccccc2)c1. The van der Waals surface area contributed by atoms with E-state index >= 15 is 0 Å². The lowest BCUT2D eigenvalue weighted by Crippen LogP contribution is -2.39. The molecule has 0 saturated heterocycles. The predicted octanol–water partition coefficient (Wildman–Crippen LogP) is 4.16. The smallest absolute Gasteiger partial charge is 0.270 e. The molecule has 7 heteroatoms. The molecule has 31 heavy (non-hydrogen) atoms. The highest BCUT2D eigenvalue weighted by Gasteiger charge is 2.20. The molecule has 152 valence electrons. The van der Waals surface area contributed by atoms with Crippen LogP contribution in [0.5, 0.6) is 0 Å². The average Bonchev–Trinajstić information content (AvgIpc) is 2.80. The van der Waals surface area contributed by atoms with Crippen LogP contribution in [-0.2, 0) is 0 Å². The molecule has 0 spiro atoms. The Balaban J connectivity index is 1.82. The van der Waals surface area contributed by atoms with Gasteiger partial charge in [0.25, 0.3) is 5.69 Å². The highest BCUT2D eigenvalue weighted by molar-refractivity contribution is 7.81. The summed E-state index contributed by atoms with van der Waals surface area (Å²) in [5.41, 5.74) is 0.992. The molecule has 0 aliphatic heterocycles. The van der Waals surface area contributed by atoms with Crippen LogP contribution in [-0.4, -0.2) is 9.91 Å². The molecule has 1 N–H and O–H groups in total. The Morgan fingerprint density at radius 3 is 2.39 bits per heavy atom. The number of non-ortho nitro benzene ring substituents is 1. The van der Waals surface area contributed by atoms with Crippen LogP contribution >= 0.6 is 12.2 Å². The van der Waals surface area contributed by atoms with Gasteiger partial charge in [0, 0.05) is 35.3 Å². The van der Waals surface area contributed by atoms with Gasteiger partial charge in [-0.15, -0.1) is 0 Å². The van der Waals surface area contributed by atoms with Gasteiger partial charge in [0.15, 0.2) is 17.4 Å². The van der Waals surface area contributed by atoms with Crippen molar-refractivity contribution in [2.24, 2.45) is 0 Å². The maximum Gasteiger partial charge on any atom is 0.270 e. The topological polar surface area (TPSA) is 82.1 Å². The van der Waals surface area contributed by atoms with E-state index in [9.17, 15) is 15.2 Å². The number of nitrogens with one attached hydrogen (secondary N) is 1. The number of nitrogens with zero attached hydrogens (tertiary/aromatic N) is 2. The summed E-state index contributed by atoms with van der Waals surface area (Å²) in [6.45, 7) is 0. The number of anilines is 1. The van der Waals surface area contributed by atoms with Crippen LogP contribution in [0.4, 0.5) is 11.4 Å². The minimum atomic E-state index is -0.529. The van der Waals surface area contributed by atoms with Crippen molar-refractivity contribution < 1.29 is 14.6 Å². The van der Waals surface area contributed by atoms with Gasteiger partial charge >= 0.3 is 0 Å². The van der Waals surface area contributed by atoms with E-state index in [-0.39, 0.29) is 21.9 Å². The lowest BCUT2D eigenvalue weighted by atomic mass is 10.1. The van der Waals surface area contributed by atoms with Gasteiger partial charge in [-0.1, -0.05) is 66.8 Å². The quantitative estimate of drug-likeness (QED) is 0.129. The number of pyridine rings is 1. The number of benzene rings is 3. The van der Waals surface area contributed by atoms with Gasteiger partial charge in [-0.05, 0) is 22.8 Å². The second-order valence-corrected chi connectivity index (χ2v) is 7.16. The molecule has 0 atom stereocenters. The average molecular weight is 427 g/mol. The van der Waals surface area contributed by atoms with Crippen molar-refractivity contribution in [3.63, 3.8) is 0 Å². The zero-order chi connectivity index (χ0) is 21.8. The van der Waals surface area contributed by atoms with Gasteiger partial charge in [0.05, 0.1) is 4.92 Å². The maximum atomic E-state index is 13.4. The second kappa shape index (κ2) is 8.73. The predicted molar refractivity (Wildman–Crippen MR) is 123 cm³/mol. The van der Waals surface area contributed by atoms with Crippen molar-refractivity contribution in [1.82, 2.24) is 0 Å². The molecule has 6 nitrogen and oxygen atoms in total. The standard InChI is InChI=1S/C24H17N3O3S/c28-23(18-10-6-11-19(16-18)27(29)30)22(26-14-4-1-5-15-26)24(31)25-21-13-7-9-17-8-2-3-12-20(17)21/h1-16H,(H-,25,28,31). The number of rotatable bonds is 5. The summed E-state index contributed by atoms with van der Waals surface area (Å²) >= 11 is 5.64. The highest BCUT2D eigenvalue weighted by atomic mass is 32.1. The number of hydrogen-bond acceptors (Lipinski definition) is 4. The van der Waals surface area contributed by atoms with Gasteiger partial charge in [-0.3, -0.25) is 10.1 Å². The molecule has 0 unspecified atom stereocenters. The van der Waals surface area contributed by atoms with Crippen molar-refractivity contribution in [2.45, 2.75) is 0 Å². The summed E-state index contributed by atoms with van der Waals surface area (Å²) in [5.74, 6) is -0.419. The molecule has 0 fully saturated rings. The van der Waals surface area contributed by atoms with E-state index in [1.165, 1.54) is 18.2 Å². The summed E-state index contributed by atoms with van der Waals surface area (Å²) in [6, 6.07) is 24.7. The molecular formula is C24H17N3O3S. The molecule has 0 aliphatic carbocycles. The third-order valence-corrected chi connectivity index (χ3v) is 5.06. The van der Waals surface area contributed by atoms with E-state index in [1.54, 1.807) is 35.2 Å². The molecule has 3 aromatic carbocycles. The third-order valence-electron chi connectivity index (χ3n) is 4.76. The van der Waals surface area contributed by atoms with E-state index in [2.05, 4.69) is 5.32 Å². The van der Waals surface area contributed by atoms with Gasteiger partial charge in [-0.2, -0.15) is 4.57 Å². The van der Waals surface area contributed by atoms with Crippen LogP contribution < -0.4 is 15.0 Å². The Bertz CT molecular complexity index is 1310. The lowest BCUT2D eigenvalue weighted by Gasteiger charge is -2.17. The van der Waals surface area contributed by atoms with Gasteiger partial charge in [0.2, 0.25) is 5.70 Å². The first-order valence-electron chi connectivity index (χ1n) is 9.46. The van der Waals surface area contributed by atoms with Crippen LogP contribution in [0.25, 0.3) is 22.2 Å². The molecule has 1 heterocycles. The first-order chi connectivity index (χ1) is 15.0. The first kappa shape index (κ1) is 20.2. The molecule has 0 saturated carbocycles. The second-order valence-electron chi connectivity index (χ2n) is 6.75. The molecule has 4 rings (SSSR count). The molecule has 4 aromatic rings. The van der Waals surface area contributed by atoms with Crippen molar-refractivity contribution in [3.8, 4) is 0 Å². The molecule has 0 amide bonds. The fourth-order valence-corrected chi connectivity index (χ4v) is 3.61. The highest BCUT2D eigenvalue weighted by Crippen LogP contribution is 2.25. The minimum Gasteiger partial charge on any atom is -0.867 e. The van der Waals surface area contributed by atoms with E-state index in [1.807, 2.05) is 48.5 Å². The van der Waals surface area contributed by atoms with Crippen LogP contribution in [0.15, 0.2) is 97.3 Å². The van der Waals surface area contributed by atoms with Crippen molar-refractivity contribution in [2.75, 3.05) is 5.32 Å². The van der Waals surface area contributed by atoms with E-state index in [4.69, 9.17) is 12.2 Å². The van der Waals surface area contributed by atoms with Gasteiger partial charge in [-0.25, -0.2) is 0 Å². The van der Waals surface area contributed by atoms with Crippen LogP contribution in [0.1, 0.15) is 5.56 Å². The monoisotopic (exact) mass is 427 g/mol. The van der Waals surface area contributed by atoms with Gasteiger partial charge < -0.3 is 10.4 Å². The molecule has 0 aliphatic rings. The van der Waals surface area contributed by atoms with Crippen molar-refractivity contribution >= 4 is 50.8 Å². The molecular weight excluding hydrogens is 410 g/mol. The summed E-state index contributed by atoms with van der Waals surface area (Å²) in [7, 11) is 0. The zero-order valence-corrected chi connectivity index (χ0v) is 17.1. The maximum absolute atomic E-state index is 13.4. The molecule has 0 radical (unpaired) electrons. The Morgan fingerprint density at radius 2 is 1.61 bits per heavy atom. The lowest BCUT2D eigenvalue weighted by molar-refractivity contribution is -0.577. The molecule has 1 aromatic heterocycles. The van der Waals surface area contributed by atoms with Crippen LogP contribution in [0.3, 0.4) is 0 Å². The van der Waals surface area contributed by atoms with Gasteiger partial charge in [0.1, 0.15) is 0 Å². The Labute approximate surface area is 183 Å². The normalized spacial score (nSPS) is 11.6. The van der Waals surface area contributed by atoms with Crippen molar-refractivity contribution in [3.05, 3.63) is 113 Å². The number of hydrogen-bond donors (Lipinski definition) is 1. The van der Waals surface area contributed by atoms with Crippen LogP contribution in [0, 0.1) is 10.1 Å². The minimum absolute atomic E-state index is 0.156. The number of thiocarbonyl (C=S) groups is 1. The summed E-state index contributed by atoms with van der Waals surface area (Å²) in [6.07, 6.45) is 3.42. The third kappa shape index (κ3) is 4.26. The Morgan fingerprint density at radius 1 is 0.903 bits per heavy atom. The largest absolute Gasteiger partial charge is 0.867 e. The number of nitro groups is 1. The molecule has 0 bridgehead atoms. The summed E-state index contributed by atoms with van der Waals surface area (Å²) in [5, 5.41) is 29.8.